The van der Waals surface area contributed by atoms with Crippen LogP contribution in [0.4, 0.5) is 4.79 Å². The van der Waals surface area contributed by atoms with E-state index in [1.54, 1.807) is 6.92 Å². The highest BCUT2D eigenvalue weighted by atomic mass is 79.9. The number of alkyl carbamates (subject to hydrolysis) is 1. The van der Waals surface area contributed by atoms with Crippen molar-refractivity contribution in [1.29, 1.82) is 0 Å². The van der Waals surface area contributed by atoms with Gasteiger partial charge in [0, 0.05) is 16.5 Å². The summed E-state index contributed by atoms with van der Waals surface area (Å²) in [5, 5.41) is 2.84. The van der Waals surface area contributed by atoms with E-state index in [0.29, 0.717) is 13.2 Å². The van der Waals surface area contributed by atoms with Crippen molar-refractivity contribution in [3.63, 3.8) is 0 Å². The maximum atomic E-state index is 11.4. The van der Waals surface area contributed by atoms with Crippen molar-refractivity contribution in [1.82, 2.24) is 5.32 Å². The van der Waals surface area contributed by atoms with Crippen molar-refractivity contribution in [2.45, 2.75) is 19.4 Å². The van der Waals surface area contributed by atoms with Crippen LogP contribution in [0.25, 0.3) is 0 Å². The summed E-state index contributed by atoms with van der Waals surface area (Å²) in [6.45, 7) is 2.76. The topological polar surface area (TPSA) is 47.6 Å². The number of fused-ring (bicyclic) bond motifs is 1. The Kier molecular flexibility index (Phi) is 3.89. The van der Waals surface area contributed by atoms with Gasteiger partial charge in [-0.25, -0.2) is 4.79 Å². The molecule has 1 heterocycles. The van der Waals surface area contributed by atoms with Gasteiger partial charge in [-0.15, -0.1) is 0 Å². The average Bonchev–Trinajstić information content (AvgIpc) is 2.30. The van der Waals surface area contributed by atoms with E-state index in [9.17, 15) is 4.79 Å². The highest BCUT2D eigenvalue weighted by Crippen LogP contribution is 2.34. The molecule has 1 aliphatic heterocycles. The van der Waals surface area contributed by atoms with Crippen LogP contribution < -0.4 is 10.1 Å². The second-order valence-electron chi connectivity index (χ2n) is 3.74. The molecule has 1 N–H and O–H groups in total. The first-order valence-corrected chi connectivity index (χ1v) is 6.35. The van der Waals surface area contributed by atoms with Crippen LogP contribution in [0.1, 0.15) is 24.9 Å². The van der Waals surface area contributed by atoms with Gasteiger partial charge in [0.2, 0.25) is 0 Å². The highest BCUT2D eigenvalue weighted by molar-refractivity contribution is 9.10. The summed E-state index contributed by atoms with van der Waals surface area (Å²) in [5.41, 5.74) is 0.985. The van der Waals surface area contributed by atoms with Gasteiger partial charge in [0.1, 0.15) is 5.75 Å². The molecule has 4 nitrogen and oxygen atoms in total. The molecule has 0 radical (unpaired) electrons. The summed E-state index contributed by atoms with van der Waals surface area (Å²) < 4.78 is 11.4. The zero-order valence-electron chi connectivity index (χ0n) is 9.53. The van der Waals surface area contributed by atoms with Crippen LogP contribution in [-0.2, 0) is 4.74 Å². The predicted octanol–water partition coefficient (Wildman–Crippen LogP) is 3.02. The standard InChI is InChI=1S/C12H14BrNO3/c1-2-16-12(15)14-10-5-6-17-11-4-3-8(13)7-9(10)11/h3-4,7,10H,2,5-6H2,1H3,(H,14,15). The lowest BCUT2D eigenvalue weighted by Gasteiger charge is -2.26. The second-order valence-corrected chi connectivity index (χ2v) is 4.65. The third-order valence-corrected chi connectivity index (χ3v) is 3.07. The van der Waals surface area contributed by atoms with Gasteiger partial charge in [-0.05, 0) is 25.1 Å². The Morgan fingerprint density at radius 1 is 1.65 bits per heavy atom. The Labute approximate surface area is 108 Å². The number of ether oxygens (including phenoxy) is 2. The number of amides is 1. The third-order valence-electron chi connectivity index (χ3n) is 2.58. The number of carbonyl (C=O) groups excluding carboxylic acids is 1. The van der Waals surface area contributed by atoms with Crippen molar-refractivity contribution >= 4 is 22.0 Å². The first kappa shape index (κ1) is 12.2. The van der Waals surface area contributed by atoms with Gasteiger partial charge in [0.25, 0.3) is 0 Å². The Morgan fingerprint density at radius 2 is 2.47 bits per heavy atom. The number of benzene rings is 1. The molecule has 1 aromatic rings. The summed E-state index contributed by atoms with van der Waals surface area (Å²) in [4.78, 5) is 11.4. The molecular formula is C12H14BrNO3. The molecule has 0 spiro atoms. The van der Waals surface area contributed by atoms with E-state index in [2.05, 4.69) is 21.2 Å². The molecule has 0 saturated heterocycles. The minimum absolute atomic E-state index is 0.0460. The zero-order chi connectivity index (χ0) is 12.3. The molecule has 1 unspecified atom stereocenters. The molecule has 1 aromatic carbocycles. The first-order valence-electron chi connectivity index (χ1n) is 5.56. The maximum Gasteiger partial charge on any atom is 0.407 e. The number of hydrogen-bond donors (Lipinski definition) is 1. The van der Waals surface area contributed by atoms with Crippen LogP contribution in [0.15, 0.2) is 22.7 Å². The molecule has 0 saturated carbocycles. The number of hydrogen-bond acceptors (Lipinski definition) is 3. The summed E-state index contributed by atoms with van der Waals surface area (Å²) in [6, 6.07) is 5.74. The minimum Gasteiger partial charge on any atom is -0.493 e. The van der Waals surface area contributed by atoms with Gasteiger partial charge < -0.3 is 14.8 Å². The maximum absolute atomic E-state index is 11.4. The van der Waals surface area contributed by atoms with E-state index in [0.717, 1.165) is 22.2 Å². The molecule has 2 rings (SSSR count). The van der Waals surface area contributed by atoms with Crippen molar-refractivity contribution in [2.75, 3.05) is 13.2 Å². The van der Waals surface area contributed by atoms with Crippen molar-refractivity contribution < 1.29 is 14.3 Å². The first-order chi connectivity index (χ1) is 8.20. The normalized spacial score (nSPS) is 17.9. The molecule has 92 valence electrons. The quantitative estimate of drug-likeness (QED) is 0.913. The van der Waals surface area contributed by atoms with Crippen molar-refractivity contribution in [3.8, 4) is 5.75 Å². The Bertz CT molecular complexity index is 422. The Balaban J connectivity index is 2.16. The number of halogens is 1. The van der Waals surface area contributed by atoms with Crippen molar-refractivity contribution in [2.24, 2.45) is 0 Å². The molecule has 0 aromatic heterocycles. The molecule has 5 heteroatoms. The summed E-state index contributed by atoms with van der Waals surface area (Å²) in [7, 11) is 0. The van der Waals surface area contributed by atoms with Crippen LogP contribution in [-0.4, -0.2) is 19.3 Å². The lowest BCUT2D eigenvalue weighted by atomic mass is 10.0. The fraction of sp³-hybridized carbons (Fsp3) is 0.417. The van der Waals surface area contributed by atoms with Gasteiger partial charge >= 0.3 is 6.09 Å². The molecule has 0 fully saturated rings. The molecular weight excluding hydrogens is 286 g/mol. The third kappa shape index (κ3) is 2.91. The van der Waals surface area contributed by atoms with Crippen LogP contribution in [0, 0.1) is 0 Å². The summed E-state index contributed by atoms with van der Waals surface area (Å²) in [5.74, 6) is 0.821. The van der Waals surface area contributed by atoms with Gasteiger partial charge in [0.15, 0.2) is 0 Å². The highest BCUT2D eigenvalue weighted by Gasteiger charge is 2.23. The molecule has 1 aliphatic rings. The SMILES string of the molecule is CCOC(=O)NC1CCOc2ccc(Br)cc21. The van der Waals surface area contributed by atoms with Crippen LogP contribution in [0.2, 0.25) is 0 Å². The van der Waals surface area contributed by atoms with Crippen LogP contribution in [0.3, 0.4) is 0 Å². The van der Waals surface area contributed by atoms with Gasteiger partial charge in [-0.2, -0.15) is 0 Å². The fourth-order valence-electron chi connectivity index (χ4n) is 1.83. The van der Waals surface area contributed by atoms with Gasteiger partial charge in [-0.1, -0.05) is 15.9 Å². The predicted molar refractivity (Wildman–Crippen MR) is 67.2 cm³/mol. The van der Waals surface area contributed by atoms with Gasteiger partial charge in [0.05, 0.1) is 19.3 Å². The zero-order valence-corrected chi connectivity index (χ0v) is 11.1. The molecule has 1 amide bonds. The van der Waals surface area contributed by atoms with Crippen LogP contribution in [0.5, 0.6) is 5.75 Å². The lowest BCUT2D eigenvalue weighted by molar-refractivity contribution is 0.143. The smallest absolute Gasteiger partial charge is 0.407 e. The molecule has 0 aliphatic carbocycles. The fourth-order valence-corrected chi connectivity index (χ4v) is 2.21. The molecule has 1 atom stereocenters. The summed E-state index contributed by atoms with van der Waals surface area (Å²) in [6.07, 6.45) is 0.368. The number of nitrogens with one attached hydrogen (secondary N) is 1. The van der Waals surface area contributed by atoms with Gasteiger partial charge in [-0.3, -0.25) is 0 Å². The Hall–Kier alpha value is -1.23. The van der Waals surface area contributed by atoms with E-state index in [1.807, 2.05) is 18.2 Å². The minimum atomic E-state index is -0.384. The Morgan fingerprint density at radius 3 is 3.24 bits per heavy atom. The van der Waals surface area contributed by atoms with Crippen molar-refractivity contribution in [3.05, 3.63) is 28.2 Å². The molecule has 0 bridgehead atoms. The van der Waals surface area contributed by atoms with E-state index in [-0.39, 0.29) is 12.1 Å². The average molecular weight is 300 g/mol. The van der Waals surface area contributed by atoms with E-state index < -0.39 is 0 Å². The summed E-state index contributed by atoms with van der Waals surface area (Å²) >= 11 is 3.42. The number of carbonyl (C=O) groups is 1. The largest absolute Gasteiger partial charge is 0.493 e. The van der Waals surface area contributed by atoms with E-state index >= 15 is 0 Å². The molecule has 17 heavy (non-hydrogen) atoms. The number of rotatable bonds is 2. The van der Waals surface area contributed by atoms with E-state index in [4.69, 9.17) is 9.47 Å². The van der Waals surface area contributed by atoms with Crippen LogP contribution >= 0.6 is 15.9 Å². The lowest BCUT2D eigenvalue weighted by Crippen LogP contribution is -2.32. The second kappa shape index (κ2) is 5.40. The monoisotopic (exact) mass is 299 g/mol. The van der Waals surface area contributed by atoms with E-state index in [1.165, 1.54) is 0 Å².